The molecule has 12 nitrogen and oxygen atoms in total. The molecule has 176 valence electrons. The van der Waals surface area contributed by atoms with Crippen molar-refractivity contribution in [2.45, 2.75) is 37.5 Å². The van der Waals surface area contributed by atoms with Crippen LogP contribution in [-0.4, -0.2) is 92.1 Å². The van der Waals surface area contributed by atoms with E-state index in [1.165, 1.54) is 6.20 Å². The molecule has 2 saturated heterocycles. The van der Waals surface area contributed by atoms with Crippen molar-refractivity contribution in [1.29, 1.82) is 0 Å². The van der Waals surface area contributed by atoms with Gasteiger partial charge in [-0.1, -0.05) is 0 Å². The normalized spacial score (nSPS) is 24.5. The second-order valence-electron chi connectivity index (χ2n) is 8.09. The zero-order valence-electron chi connectivity index (χ0n) is 18.0. The van der Waals surface area contributed by atoms with Gasteiger partial charge < -0.3 is 35.5 Å². The van der Waals surface area contributed by atoms with E-state index in [1.54, 1.807) is 10.7 Å². The summed E-state index contributed by atoms with van der Waals surface area (Å²) < 4.78 is 9.27. The molecule has 0 aromatic carbocycles. The minimum absolute atomic E-state index is 0.0686. The average molecular weight is 450 g/mol. The number of carboxylic acid groups (broad SMARTS) is 1. The second-order valence-corrected chi connectivity index (χ2v) is 8.09. The lowest BCUT2D eigenvalue weighted by atomic mass is 9.94. The molecule has 0 bridgehead atoms. The molecule has 12 heteroatoms. The number of likely N-dealkylation sites (tertiary alicyclic amines) is 1. The van der Waals surface area contributed by atoms with Crippen molar-refractivity contribution in [1.82, 2.24) is 24.4 Å². The zero-order chi connectivity index (χ0) is 23.3. The van der Waals surface area contributed by atoms with Crippen LogP contribution >= 0.6 is 0 Å². The number of hydrogen-bond donors (Lipinski definition) is 4. The Morgan fingerprint density at radius 1 is 1.31 bits per heavy atom. The number of nitrogens with one attached hydrogen (secondary N) is 1. The van der Waals surface area contributed by atoms with Crippen LogP contribution in [0.1, 0.15) is 29.6 Å². The third-order valence-corrected chi connectivity index (χ3v) is 6.08. The van der Waals surface area contributed by atoms with E-state index in [9.17, 15) is 14.7 Å². The van der Waals surface area contributed by atoms with E-state index >= 15 is 0 Å². The first-order valence-electron chi connectivity index (χ1n) is 10.5. The predicted molar refractivity (Wildman–Crippen MR) is 113 cm³/mol. The highest BCUT2D eigenvalue weighted by atomic mass is 16.5. The molecule has 32 heavy (non-hydrogen) atoms. The van der Waals surface area contributed by atoms with Gasteiger partial charge in [-0.05, 0) is 32.4 Å². The number of nitrogens with zero attached hydrogens (tertiary/aromatic N) is 4. The van der Waals surface area contributed by atoms with Crippen LogP contribution < -0.4 is 11.1 Å². The fraction of sp³-hybridized carbons (Fsp3) is 0.600. The van der Waals surface area contributed by atoms with Gasteiger partial charge in [0.1, 0.15) is 17.3 Å². The number of aliphatic hydroxyl groups is 1. The smallest absolute Gasteiger partial charge is 0.290 e. The van der Waals surface area contributed by atoms with Crippen LogP contribution in [0.5, 0.6) is 0 Å². The Kier molecular flexibility index (Phi) is 7.83. The predicted octanol–water partition coefficient (Wildman–Crippen LogP) is -1.18. The van der Waals surface area contributed by atoms with Crippen molar-refractivity contribution < 1.29 is 29.3 Å². The summed E-state index contributed by atoms with van der Waals surface area (Å²) in [5.41, 5.74) is 6.57. The zero-order valence-corrected chi connectivity index (χ0v) is 18.0. The maximum absolute atomic E-state index is 12.8. The molecule has 2 amide bonds. The number of nitrogens with two attached hydrogens (primary N) is 1. The highest BCUT2D eigenvalue weighted by Crippen LogP contribution is 2.21. The van der Waals surface area contributed by atoms with Crippen molar-refractivity contribution in [2.75, 3.05) is 26.2 Å². The lowest BCUT2D eigenvalue weighted by molar-refractivity contribution is -0.124. The first-order chi connectivity index (χ1) is 15.3. The Bertz CT molecular complexity index is 934. The summed E-state index contributed by atoms with van der Waals surface area (Å²) in [5.74, 6) is -0.566. The van der Waals surface area contributed by atoms with Crippen LogP contribution in [0.3, 0.4) is 0 Å². The molecule has 3 atom stereocenters. The third-order valence-electron chi connectivity index (χ3n) is 6.08. The van der Waals surface area contributed by atoms with E-state index in [1.807, 2.05) is 17.8 Å². The van der Waals surface area contributed by atoms with Gasteiger partial charge >= 0.3 is 0 Å². The summed E-state index contributed by atoms with van der Waals surface area (Å²) in [6.45, 7) is 2.28. The standard InChI is InChI=1S/C19H28N6O4.CH2O2/c1-23-7-8-25-19(23)13(10-21-25)18(28)22-14-4-9-29-15(16(14)26)11-24-5-2-12(3-6-24)17(20)27;2-1-3/h7-8,10,12,14-16,26H,2-6,9,11H2,1H3,(H2,20,27)(H,22,28);1H,(H,2,3)/t14-,15+,16-;/m0./s1. The maximum atomic E-state index is 12.8. The molecule has 0 radical (unpaired) electrons. The Balaban J connectivity index is 0.000000913. The quantitative estimate of drug-likeness (QED) is 0.413. The highest BCUT2D eigenvalue weighted by Gasteiger charge is 2.36. The Morgan fingerprint density at radius 3 is 2.66 bits per heavy atom. The molecule has 4 heterocycles. The molecule has 0 aliphatic carbocycles. The second kappa shape index (κ2) is 10.6. The number of hydrogen-bond acceptors (Lipinski definition) is 7. The van der Waals surface area contributed by atoms with Gasteiger partial charge in [0, 0.05) is 38.5 Å². The molecule has 2 aliphatic rings. The first kappa shape index (κ1) is 23.7. The SMILES string of the molecule is Cn1ccn2ncc(C(=O)N[C@H]3CCO[C@H](CN4CCC(C(N)=O)CC4)[C@H]3O)c12.O=CO. The number of aryl methyl sites for hydroxylation is 1. The van der Waals surface area contributed by atoms with Gasteiger partial charge in [0.15, 0.2) is 0 Å². The van der Waals surface area contributed by atoms with E-state index in [2.05, 4.69) is 15.3 Å². The molecular weight excluding hydrogens is 420 g/mol. The number of imidazole rings is 1. The fourth-order valence-electron chi connectivity index (χ4n) is 4.30. The number of rotatable bonds is 5. The number of amides is 2. The van der Waals surface area contributed by atoms with Crippen LogP contribution in [0.15, 0.2) is 18.6 Å². The number of primary amides is 1. The number of carbonyl (C=O) groups is 3. The maximum Gasteiger partial charge on any atom is 0.290 e. The number of fused-ring (bicyclic) bond motifs is 1. The van der Waals surface area contributed by atoms with E-state index in [4.69, 9.17) is 20.4 Å². The first-order valence-corrected chi connectivity index (χ1v) is 10.5. The third kappa shape index (κ3) is 5.26. The van der Waals surface area contributed by atoms with Crippen molar-refractivity contribution in [2.24, 2.45) is 18.7 Å². The number of aromatic nitrogens is 3. The van der Waals surface area contributed by atoms with E-state index in [0.29, 0.717) is 30.8 Å². The van der Waals surface area contributed by atoms with Gasteiger partial charge in [-0.25, -0.2) is 4.52 Å². The molecule has 2 fully saturated rings. The van der Waals surface area contributed by atoms with E-state index in [0.717, 1.165) is 25.9 Å². The molecular formula is C20H30N6O6. The van der Waals surface area contributed by atoms with Gasteiger partial charge in [-0.2, -0.15) is 5.10 Å². The van der Waals surface area contributed by atoms with Crippen LogP contribution in [0, 0.1) is 5.92 Å². The molecule has 2 aromatic rings. The Labute approximate surface area is 184 Å². The van der Waals surface area contributed by atoms with Crippen molar-refractivity contribution >= 4 is 23.9 Å². The lowest BCUT2D eigenvalue weighted by Gasteiger charge is -2.39. The van der Waals surface area contributed by atoms with E-state index in [-0.39, 0.29) is 36.4 Å². The largest absolute Gasteiger partial charge is 0.483 e. The summed E-state index contributed by atoms with van der Waals surface area (Å²) >= 11 is 0. The van der Waals surface area contributed by atoms with Crippen LogP contribution in [-0.2, 0) is 21.4 Å². The van der Waals surface area contributed by atoms with Gasteiger partial charge in [-0.15, -0.1) is 0 Å². The lowest BCUT2D eigenvalue weighted by Crippen LogP contribution is -2.56. The topological polar surface area (TPSA) is 164 Å². The van der Waals surface area contributed by atoms with Crippen molar-refractivity contribution in [3.8, 4) is 0 Å². The molecule has 0 saturated carbocycles. The van der Waals surface area contributed by atoms with Crippen LogP contribution in [0.4, 0.5) is 0 Å². The van der Waals surface area contributed by atoms with E-state index < -0.39 is 6.10 Å². The number of piperidine rings is 1. The van der Waals surface area contributed by atoms with Crippen molar-refractivity contribution in [3.63, 3.8) is 0 Å². The minimum Gasteiger partial charge on any atom is -0.483 e. The number of carbonyl (C=O) groups excluding carboxylic acids is 2. The van der Waals surface area contributed by atoms with Crippen molar-refractivity contribution in [3.05, 3.63) is 24.2 Å². The number of ether oxygens (including phenoxy) is 1. The van der Waals surface area contributed by atoms with Gasteiger partial charge in [0.25, 0.3) is 12.4 Å². The monoisotopic (exact) mass is 450 g/mol. The average Bonchev–Trinajstić information content (AvgIpc) is 3.35. The Hall–Kier alpha value is -2.96. The molecule has 4 rings (SSSR count). The summed E-state index contributed by atoms with van der Waals surface area (Å²) in [4.78, 5) is 34.7. The molecule has 5 N–H and O–H groups in total. The highest BCUT2D eigenvalue weighted by molar-refractivity contribution is 6.00. The summed E-state index contributed by atoms with van der Waals surface area (Å²) in [6, 6.07) is -0.389. The molecule has 2 aliphatic heterocycles. The summed E-state index contributed by atoms with van der Waals surface area (Å²) in [7, 11) is 1.86. The minimum atomic E-state index is -0.805. The van der Waals surface area contributed by atoms with Gasteiger partial charge in [-0.3, -0.25) is 14.4 Å². The molecule has 0 spiro atoms. The van der Waals surface area contributed by atoms with Crippen LogP contribution in [0.2, 0.25) is 0 Å². The van der Waals surface area contributed by atoms with Gasteiger partial charge in [0.2, 0.25) is 5.91 Å². The molecule has 0 unspecified atom stereocenters. The molecule has 2 aromatic heterocycles. The summed E-state index contributed by atoms with van der Waals surface area (Å²) in [6.07, 6.45) is 5.97. The van der Waals surface area contributed by atoms with Crippen LogP contribution in [0.25, 0.3) is 5.65 Å². The number of aliphatic hydroxyl groups excluding tert-OH is 1. The Morgan fingerprint density at radius 2 is 2.00 bits per heavy atom. The van der Waals surface area contributed by atoms with Gasteiger partial charge in [0.05, 0.1) is 18.3 Å². The fourth-order valence-corrected chi connectivity index (χ4v) is 4.30. The summed E-state index contributed by atoms with van der Waals surface area (Å²) in [5, 5.41) is 24.8.